The fourth-order valence-corrected chi connectivity index (χ4v) is 1.74. The van der Waals surface area contributed by atoms with Crippen molar-refractivity contribution in [3.05, 3.63) is 27.4 Å². The van der Waals surface area contributed by atoms with Crippen molar-refractivity contribution >= 4 is 6.09 Å². The van der Waals surface area contributed by atoms with E-state index < -0.39 is 12.8 Å². The van der Waals surface area contributed by atoms with Crippen LogP contribution in [0, 0.1) is 6.92 Å². The summed E-state index contributed by atoms with van der Waals surface area (Å²) in [4.78, 5) is 31.1. The largest absolute Gasteiger partial charge is 0.447 e. The van der Waals surface area contributed by atoms with Gasteiger partial charge >= 0.3 is 6.09 Å². The highest BCUT2D eigenvalue weighted by molar-refractivity contribution is 5.68. The van der Waals surface area contributed by atoms with Crippen molar-refractivity contribution in [1.82, 2.24) is 14.9 Å². The Kier molecular flexibility index (Phi) is 3.08. The smallest absolute Gasteiger partial charge is 0.410 e. The first-order chi connectivity index (χ1) is 8.11. The van der Waals surface area contributed by atoms with Crippen LogP contribution in [0.25, 0.3) is 0 Å². The Hall–Kier alpha value is -1.92. The molecule has 1 aromatic heterocycles. The molecule has 0 aromatic carbocycles. The van der Waals surface area contributed by atoms with E-state index in [1.54, 1.807) is 6.92 Å². The lowest BCUT2D eigenvalue weighted by Gasteiger charge is -2.13. The van der Waals surface area contributed by atoms with Gasteiger partial charge in [0.25, 0.3) is 5.56 Å². The summed E-state index contributed by atoms with van der Waals surface area (Å²) in [6.07, 6.45) is -0.627. The molecule has 1 aliphatic heterocycles. The van der Waals surface area contributed by atoms with Crippen molar-refractivity contribution in [1.29, 1.82) is 0 Å². The molecule has 1 amide bonds. The number of amides is 1. The Bertz CT molecular complexity index is 500. The van der Waals surface area contributed by atoms with E-state index in [2.05, 4.69) is 14.7 Å². The molecule has 2 rings (SSSR count). The van der Waals surface area contributed by atoms with Gasteiger partial charge in [-0.3, -0.25) is 9.69 Å². The lowest BCUT2D eigenvalue weighted by atomic mass is 10.3. The summed E-state index contributed by atoms with van der Waals surface area (Å²) in [6.45, 7) is 1.07. The summed E-state index contributed by atoms with van der Waals surface area (Å²) in [5.41, 5.74) is 0.796. The van der Waals surface area contributed by atoms with Crippen molar-refractivity contribution < 1.29 is 13.9 Å². The van der Waals surface area contributed by atoms with Crippen LogP contribution < -0.4 is 5.56 Å². The number of halogens is 1. The quantitative estimate of drug-likeness (QED) is 0.818. The van der Waals surface area contributed by atoms with Crippen molar-refractivity contribution in [3.63, 3.8) is 0 Å². The van der Waals surface area contributed by atoms with Crippen LogP contribution >= 0.6 is 0 Å². The number of hydrogen-bond acceptors (Lipinski definition) is 4. The van der Waals surface area contributed by atoms with Crippen LogP contribution in [0.5, 0.6) is 0 Å². The molecule has 0 atom stereocenters. The molecule has 0 aliphatic carbocycles. The van der Waals surface area contributed by atoms with E-state index in [0.29, 0.717) is 17.1 Å². The van der Waals surface area contributed by atoms with Crippen LogP contribution in [0.15, 0.2) is 4.79 Å². The third kappa shape index (κ3) is 2.27. The van der Waals surface area contributed by atoms with Gasteiger partial charge in [-0.05, 0) is 6.92 Å². The topological polar surface area (TPSA) is 75.3 Å². The van der Waals surface area contributed by atoms with Gasteiger partial charge in [0.2, 0.25) is 0 Å². The minimum absolute atomic E-state index is 0.156. The Labute approximate surface area is 96.4 Å². The molecule has 92 valence electrons. The second-order valence-corrected chi connectivity index (χ2v) is 3.74. The third-order valence-electron chi connectivity index (χ3n) is 2.47. The summed E-state index contributed by atoms with van der Waals surface area (Å²) in [5, 5.41) is 0. The number of alkyl halides is 1. The second-order valence-electron chi connectivity index (χ2n) is 3.74. The van der Waals surface area contributed by atoms with Crippen LogP contribution in [0.3, 0.4) is 0 Å². The number of hydrogen-bond donors (Lipinski definition) is 1. The number of carbonyl (C=O) groups is 1. The molecule has 0 spiro atoms. The highest BCUT2D eigenvalue weighted by Crippen LogP contribution is 2.18. The molecule has 0 unspecified atom stereocenters. The van der Waals surface area contributed by atoms with Crippen LogP contribution in [0.1, 0.15) is 17.1 Å². The zero-order valence-corrected chi connectivity index (χ0v) is 9.33. The van der Waals surface area contributed by atoms with Gasteiger partial charge < -0.3 is 9.72 Å². The number of H-pyrrole nitrogens is 1. The second kappa shape index (κ2) is 4.52. The number of carbonyl (C=O) groups excluding carboxylic acids is 1. The monoisotopic (exact) mass is 241 g/mol. The summed E-state index contributed by atoms with van der Waals surface area (Å²) in [5.74, 6) is 0.507. The maximum Gasteiger partial charge on any atom is 0.410 e. The van der Waals surface area contributed by atoms with E-state index in [1.165, 1.54) is 4.90 Å². The maximum absolute atomic E-state index is 11.9. The third-order valence-corrected chi connectivity index (χ3v) is 2.47. The number of ether oxygens (including phenoxy) is 1. The fraction of sp³-hybridized carbons (Fsp3) is 0.500. The minimum Gasteiger partial charge on any atom is -0.447 e. The van der Waals surface area contributed by atoms with Crippen molar-refractivity contribution in [3.8, 4) is 0 Å². The number of nitrogens with zero attached hydrogens (tertiary/aromatic N) is 2. The van der Waals surface area contributed by atoms with Crippen molar-refractivity contribution in [2.45, 2.75) is 20.0 Å². The van der Waals surface area contributed by atoms with Gasteiger partial charge in [-0.15, -0.1) is 0 Å². The molecule has 1 aromatic rings. The average molecular weight is 241 g/mol. The molecule has 1 N–H and O–H groups in total. The van der Waals surface area contributed by atoms with Crippen LogP contribution in [0.4, 0.5) is 9.18 Å². The predicted octanol–water partition coefficient (Wildman–Crippen LogP) is 0.500. The molecule has 0 fully saturated rings. The zero-order valence-electron chi connectivity index (χ0n) is 9.33. The number of aromatic amines is 1. The lowest BCUT2D eigenvalue weighted by molar-refractivity contribution is 0.0954. The number of aromatic nitrogens is 2. The SMILES string of the molecule is Cc1nc2c(c(=O)[nH]1)CN(C(=O)OCCF)C2. The van der Waals surface area contributed by atoms with Gasteiger partial charge in [-0.25, -0.2) is 14.2 Å². The Morgan fingerprint density at radius 3 is 3.06 bits per heavy atom. The predicted molar refractivity (Wildman–Crippen MR) is 56.2 cm³/mol. The normalized spacial score (nSPS) is 13.6. The van der Waals surface area contributed by atoms with Gasteiger partial charge in [0.05, 0.1) is 24.3 Å². The molecule has 0 radical (unpaired) electrons. The van der Waals surface area contributed by atoms with Gasteiger partial charge in [0.15, 0.2) is 0 Å². The van der Waals surface area contributed by atoms with Gasteiger partial charge in [-0.2, -0.15) is 0 Å². The first kappa shape index (κ1) is 11.6. The highest BCUT2D eigenvalue weighted by atomic mass is 19.1. The van der Waals surface area contributed by atoms with Crippen LogP contribution in [0.2, 0.25) is 0 Å². The molecule has 6 nitrogen and oxygen atoms in total. The highest BCUT2D eigenvalue weighted by Gasteiger charge is 2.27. The van der Waals surface area contributed by atoms with Gasteiger partial charge in [0.1, 0.15) is 19.1 Å². The molecule has 2 heterocycles. The van der Waals surface area contributed by atoms with E-state index in [4.69, 9.17) is 0 Å². The summed E-state index contributed by atoms with van der Waals surface area (Å²) < 4.78 is 16.5. The van der Waals surface area contributed by atoms with E-state index in [-0.39, 0.29) is 25.3 Å². The van der Waals surface area contributed by atoms with Gasteiger partial charge in [0, 0.05) is 0 Å². The maximum atomic E-state index is 11.9. The molecule has 0 saturated carbocycles. The fourth-order valence-electron chi connectivity index (χ4n) is 1.74. The molecule has 17 heavy (non-hydrogen) atoms. The number of aryl methyl sites for hydroxylation is 1. The Morgan fingerprint density at radius 1 is 1.59 bits per heavy atom. The van der Waals surface area contributed by atoms with E-state index in [0.717, 1.165) is 0 Å². The van der Waals surface area contributed by atoms with E-state index in [9.17, 15) is 14.0 Å². The Morgan fingerprint density at radius 2 is 2.35 bits per heavy atom. The summed E-state index contributed by atoms with van der Waals surface area (Å²) in [7, 11) is 0. The Balaban J connectivity index is 2.13. The molecule has 0 saturated heterocycles. The number of rotatable bonds is 2. The van der Waals surface area contributed by atoms with Crippen LogP contribution in [-0.4, -0.2) is 34.2 Å². The lowest BCUT2D eigenvalue weighted by Crippen LogP contribution is -2.27. The minimum atomic E-state index is -0.718. The average Bonchev–Trinajstić information content (AvgIpc) is 2.69. The van der Waals surface area contributed by atoms with E-state index >= 15 is 0 Å². The molecule has 1 aliphatic rings. The molecule has 7 heteroatoms. The summed E-state index contributed by atoms with van der Waals surface area (Å²) >= 11 is 0. The van der Waals surface area contributed by atoms with Gasteiger partial charge in [-0.1, -0.05) is 0 Å². The van der Waals surface area contributed by atoms with Crippen LogP contribution in [-0.2, 0) is 17.8 Å². The van der Waals surface area contributed by atoms with Crippen molar-refractivity contribution in [2.75, 3.05) is 13.3 Å². The zero-order chi connectivity index (χ0) is 12.4. The number of nitrogens with one attached hydrogen (secondary N) is 1. The molecular formula is C10H12FN3O3. The molecule has 0 bridgehead atoms. The first-order valence-electron chi connectivity index (χ1n) is 5.18. The first-order valence-corrected chi connectivity index (χ1v) is 5.18. The van der Waals surface area contributed by atoms with Crippen molar-refractivity contribution in [2.24, 2.45) is 0 Å². The number of fused-ring (bicyclic) bond motifs is 1. The van der Waals surface area contributed by atoms with E-state index in [1.807, 2.05) is 0 Å². The summed E-state index contributed by atoms with van der Waals surface area (Å²) in [6, 6.07) is 0. The molecular weight excluding hydrogens is 229 g/mol. The standard InChI is InChI=1S/C10H12FN3O3/c1-6-12-8-5-14(10(16)17-3-2-11)4-7(8)9(15)13-6/h2-5H2,1H3,(H,12,13,15).